The minimum atomic E-state index is -4.39. The van der Waals surface area contributed by atoms with Gasteiger partial charge in [0.05, 0.1) is 22.7 Å². The Balaban J connectivity index is 1.31. The molecule has 0 N–H and O–H groups in total. The summed E-state index contributed by atoms with van der Waals surface area (Å²) >= 11 is 1.39. The molecule has 0 bridgehead atoms. The number of benzene rings is 3. The highest BCUT2D eigenvalue weighted by molar-refractivity contribution is 7.99. The lowest BCUT2D eigenvalue weighted by molar-refractivity contribution is -0.137. The second-order valence-electron chi connectivity index (χ2n) is 9.43. The van der Waals surface area contributed by atoms with Crippen LogP contribution in [0, 0.1) is 0 Å². The number of carbonyl (C=O) groups excluding carboxylic acids is 1. The van der Waals surface area contributed by atoms with Gasteiger partial charge < -0.3 is 14.4 Å². The molecule has 0 aliphatic carbocycles. The van der Waals surface area contributed by atoms with Gasteiger partial charge in [0.25, 0.3) is 0 Å². The number of rotatable bonds is 8. The molecule has 0 radical (unpaired) electrons. The molecule has 4 aromatic rings. The number of aromatic nitrogens is 2. The Labute approximate surface area is 235 Å². The summed E-state index contributed by atoms with van der Waals surface area (Å²) in [4.78, 5) is 21.8. The van der Waals surface area contributed by atoms with Crippen molar-refractivity contribution in [2.24, 2.45) is 0 Å². The molecule has 1 aliphatic rings. The number of imidazole rings is 1. The van der Waals surface area contributed by atoms with Crippen molar-refractivity contribution < 1.29 is 18.0 Å². The third-order valence-electron chi connectivity index (χ3n) is 6.83. The van der Waals surface area contributed by atoms with Gasteiger partial charge in [0.1, 0.15) is 0 Å². The second-order valence-corrected chi connectivity index (χ2v) is 10.4. The summed E-state index contributed by atoms with van der Waals surface area (Å²) in [6, 6.07) is 25.4. The molecule has 5 nitrogen and oxygen atoms in total. The first-order valence-corrected chi connectivity index (χ1v) is 14.0. The van der Waals surface area contributed by atoms with Gasteiger partial charge in [-0.2, -0.15) is 13.2 Å². The SMILES string of the molecule is C=CCn1c(SCC(=O)N2CCN(c3cccc(C(F)(F)F)c3)CC2)nc(-c2ccccc2)c1-c1ccccc1. The average molecular weight is 563 g/mol. The van der Waals surface area contributed by atoms with Crippen molar-refractivity contribution in [1.82, 2.24) is 14.5 Å². The van der Waals surface area contributed by atoms with Crippen LogP contribution in [0.3, 0.4) is 0 Å². The van der Waals surface area contributed by atoms with Crippen LogP contribution in [0.5, 0.6) is 0 Å². The van der Waals surface area contributed by atoms with Gasteiger partial charge in [-0.3, -0.25) is 4.79 Å². The maximum absolute atomic E-state index is 13.2. The van der Waals surface area contributed by atoms with Crippen LogP contribution < -0.4 is 4.90 Å². The second kappa shape index (κ2) is 12.0. The zero-order valence-electron chi connectivity index (χ0n) is 21.8. The molecule has 2 heterocycles. The van der Waals surface area contributed by atoms with Crippen molar-refractivity contribution in [2.45, 2.75) is 17.9 Å². The van der Waals surface area contributed by atoms with Crippen molar-refractivity contribution in [3.8, 4) is 22.5 Å². The van der Waals surface area contributed by atoms with Gasteiger partial charge in [-0.25, -0.2) is 4.98 Å². The van der Waals surface area contributed by atoms with E-state index in [0.29, 0.717) is 38.4 Å². The lowest BCUT2D eigenvalue weighted by Crippen LogP contribution is -2.49. The fourth-order valence-electron chi connectivity index (χ4n) is 4.84. The van der Waals surface area contributed by atoms with Crippen molar-refractivity contribution >= 4 is 23.4 Å². The Morgan fingerprint density at radius 2 is 1.55 bits per heavy atom. The van der Waals surface area contributed by atoms with E-state index >= 15 is 0 Å². The largest absolute Gasteiger partial charge is 0.416 e. The van der Waals surface area contributed by atoms with Crippen LogP contribution in [0.2, 0.25) is 0 Å². The van der Waals surface area contributed by atoms with Crippen LogP contribution in [-0.4, -0.2) is 52.3 Å². The number of hydrogen-bond acceptors (Lipinski definition) is 4. The number of amides is 1. The Morgan fingerprint density at radius 1 is 0.900 bits per heavy atom. The van der Waals surface area contributed by atoms with Crippen molar-refractivity contribution in [2.75, 3.05) is 36.8 Å². The quantitative estimate of drug-likeness (QED) is 0.174. The summed E-state index contributed by atoms with van der Waals surface area (Å²) in [6.45, 7) is 6.31. The number of alkyl halides is 3. The summed E-state index contributed by atoms with van der Waals surface area (Å²) in [6.07, 6.45) is -2.56. The third kappa shape index (κ3) is 6.09. The Hall–Kier alpha value is -3.98. The number of carbonyl (C=O) groups is 1. The fourth-order valence-corrected chi connectivity index (χ4v) is 5.75. The monoisotopic (exact) mass is 562 g/mol. The van der Waals surface area contributed by atoms with E-state index in [1.165, 1.54) is 23.9 Å². The standard InChI is InChI=1S/C31H29F3N4OS/c1-2-16-38-29(24-12-7-4-8-13-24)28(23-10-5-3-6-11-23)35-30(38)40-22-27(39)37-19-17-36(18-20-37)26-15-9-14-25(21-26)31(32,33)34/h2-15,21H,1,16-20,22H2. The topological polar surface area (TPSA) is 41.4 Å². The number of nitrogens with zero attached hydrogens (tertiary/aromatic N) is 4. The van der Waals surface area contributed by atoms with E-state index in [1.807, 2.05) is 71.6 Å². The number of allylic oxidation sites excluding steroid dienone is 1. The van der Waals surface area contributed by atoms with E-state index in [0.717, 1.165) is 33.7 Å². The maximum Gasteiger partial charge on any atom is 0.416 e. The summed E-state index contributed by atoms with van der Waals surface area (Å²) in [5.41, 5.74) is 3.68. The van der Waals surface area contributed by atoms with Crippen LogP contribution >= 0.6 is 11.8 Å². The van der Waals surface area contributed by atoms with Crippen molar-refractivity contribution in [1.29, 1.82) is 0 Å². The van der Waals surface area contributed by atoms with Gasteiger partial charge >= 0.3 is 6.18 Å². The molecule has 1 aromatic heterocycles. The van der Waals surface area contributed by atoms with E-state index in [1.54, 1.807) is 11.0 Å². The number of halogens is 3. The predicted molar refractivity (Wildman–Crippen MR) is 154 cm³/mol. The minimum Gasteiger partial charge on any atom is -0.368 e. The molecular formula is C31H29F3N4OS. The molecule has 3 aromatic carbocycles. The molecule has 206 valence electrons. The highest BCUT2D eigenvalue weighted by atomic mass is 32.2. The van der Waals surface area contributed by atoms with Gasteiger partial charge in [-0.15, -0.1) is 6.58 Å². The number of hydrogen-bond donors (Lipinski definition) is 0. The number of thioether (sulfide) groups is 1. The molecule has 5 rings (SSSR count). The summed E-state index contributed by atoms with van der Waals surface area (Å²) in [5.74, 6) is 0.185. The Morgan fingerprint density at radius 3 is 2.17 bits per heavy atom. The first-order valence-electron chi connectivity index (χ1n) is 13.0. The van der Waals surface area contributed by atoms with Crippen LogP contribution in [0.25, 0.3) is 22.5 Å². The Kier molecular flexibility index (Phi) is 8.30. The third-order valence-corrected chi connectivity index (χ3v) is 7.80. The molecule has 1 aliphatic heterocycles. The molecule has 1 amide bonds. The summed E-state index contributed by atoms with van der Waals surface area (Å²) in [7, 11) is 0. The maximum atomic E-state index is 13.2. The molecule has 1 fully saturated rings. The van der Waals surface area contributed by atoms with E-state index < -0.39 is 11.7 Å². The molecule has 0 atom stereocenters. The van der Waals surface area contributed by atoms with Crippen molar-refractivity contribution in [3.63, 3.8) is 0 Å². The predicted octanol–water partition coefficient (Wildman–Crippen LogP) is 6.86. The molecule has 0 unspecified atom stereocenters. The number of piperazine rings is 1. The molecule has 0 saturated carbocycles. The van der Waals surface area contributed by atoms with E-state index in [9.17, 15) is 18.0 Å². The Bertz CT molecular complexity index is 1460. The summed E-state index contributed by atoms with van der Waals surface area (Å²) in [5, 5.41) is 0.730. The van der Waals surface area contributed by atoms with Gasteiger partial charge in [0, 0.05) is 49.5 Å². The van der Waals surface area contributed by atoms with Gasteiger partial charge in [-0.05, 0) is 18.2 Å². The zero-order chi connectivity index (χ0) is 28.1. The van der Waals surface area contributed by atoms with Gasteiger partial charge in [0.15, 0.2) is 5.16 Å². The molecule has 0 spiro atoms. The smallest absolute Gasteiger partial charge is 0.368 e. The van der Waals surface area contributed by atoms with E-state index in [2.05, 4.69) is 11.1 Å². The summed E-state index contributed by atoms with van der Waals surface area (Å²) < 4.78 is 41.5. The lowest BCUT2D eigenvalue weighted by atomic mass is 10.0. The van der Waals surface area contributed by atoms with Crippen molar-refractivity contribution in [3.05, 3.63) is 103 Å². The van der Waals surface area contributed by atoms with Crippen LogP contribution in [0.1, 0.15) is 5.56 Å². The zero-order valence-corrected chi connectivity index (χ0v) is 22.7. The van der Waals surface area contributed by atoms with Crippen LogP contribution in [0.15, 0.2) is 103 Å². The number of anilines is 1. The van der Waals surface area contributed by atoms with Gasteiger partial charge in [0.2, 0.25) is 5.91 Å². The molecule has 9 heteroatoms. The van der Waals surface area contributed by atoms with Crippen LogP contribution in [-0.2, 0) is 17.5 Å². The lowest BCUT2D eigenvalue weighted by Gasteiger charge is -2.36. The molecule has 40 heavy (non-hydrogen) atoms. The average Bonchev–Trinajstić information content (AvgIpc) is 3.35. The molecular weight excluding hydrogens is 533 g/mol. The fraction of sp³-hybridized carbons (Fsp3) is 0.226. The highest BCUT2D eigenvalue weighted by Gasteiger charge is 2.31. The highest BCUT2D eigenvalue weighted by Crippen LogP contribution is 2.36. The van der Waals surface area contributed by atoms with E-state index in [4.69, 9.17) is 4.98 Å². The first kappa shape index (κ1) is 27.6. The van der Waals surface area contributed by atoms with Gasteiger partial charge in [-0.1, -0.05) is 84.6 Å². The molecule has 1 saturated heterocycles. The van der Waals surface area contributed by atoms with Crippen LogP contribution in [0.4, 0.5) is 18.9 Å². The minimum absolute atomic E-state index is 0.0237. The first-order chi connectivity index (χ1) is 19.3. The van der Waals surface area contributed by atoms with E-state index in [-0.39, 0.29) is 11.7 Å². The normalized spacial score (nSPS) is 13.9.